The van der Waals surface area contributed by atoms with Gasteiger partial charge in [0.2, 0.25) is 0 Å². The fourth-order valence-electron chi connectivity index (χ4n) is 5.96. The number of amides is 1. The van der Waals surface area contributed by atoms with E-state index in [1.54, 1.807) is 29.7 Å². The number of carbonyl (C=O) groups is 1. The highest BCUT2D eigenvalue weighted by molar-refractivity contribution is 7.86. The van der Waals surface area contributed by atoms with Crippen molar-refractivity contribution in [1.82, 2.24) is 18.9 Å². The van der Waals surface area contributed by atoms with Gasteiger partial charge in [-0.25, -0.2) is 0 Å². The van der Waals surface area contributed by atoms with E-state index >= 15 is 0 Å². The first kappa shape index (κ1) is 29.2. The summed E-state index contributed by atoms with van der Waals surface area (Å²) in [6.07, 6.45) is 4.47. The molecular weight excluding hydrogens is 540 g/mol. The Hall–Kier alpha value is -3.31. The highest BCUT2D eigenvalue weighted by atomic mass is 32.2. The Balaban J connectivity index is 1.38. The van der Waals surface area contributed by atoms with Crippen LogP contribution in [0.2, 0.25) is 0 Å². The van der Waals surface area contributed by atoms with Gasteiger partial charge in [-0.05, 0) is 55.5 Å². The van der Waals surface area contributed by atoms with Gasteiger partial charge in [0.15, 0.2) is 0 Å². The van der Waals surface area contributed by atoms with E-state index in [1.165, 1.54) is 4.31 Å². The van der Waals surface area contributed by atoms with Gasteiger partial charge in [-0.1, -0.05) is 48.5 Å². The SMILES string of the molecule is COc1ccccc1C(=O)NC[C@]1(c2ccccc2)CC[C@@H](N(Cc2ccccn2)S(=O)(=O)N2CCOCC2)CC1. The molecule has 0 radical (unpaired) electrons. The Morgan fingerprint density at radius 1 is 1.02 bits per heavy atom. The van der Waals surface area contributed by atoms with Crippen molar-refractivity contribution in [3.63, 3.8) is 0 Å². The predicted octanol–water partition coefficient (Wildman–Crippen LogP) is 3.78. The van der Waals surface area contributed by atoms with Gasteiger partial charge in [0.1, 0.15) is 5.75 Å². The van der Waals surface area contributed by atoms with Crippen LogP contribution in [-0.2, 0) is 26.9 Å². The molecule has 1 aliphatic heterocycles. The molecule has 5 rings (SSSR count). The minimum Gasteiger partial charge on any atom is -0.496 e. The molecule has 1 saturated heterocycles. The number of methoxy groups -OCH3 is 1. The normalized spacial score (nSPS) is 21.9. The van der Waals surface area contributed by atoms with Gasteiger partial charge < -0.3 is 14.8 Å². The monoisotopic (exact) mass is 578 g/mol. The second-order valence-corrected chi connectivity index (χ2v) is 12.5. The van der Waals surface area contributed by atoms with Crippen molar-refractivity contribution in [2.24, 2.45) is 0 Å². The van der Waals surface area contributed by atoms with E-state index in [4.69, 9.17) is 9.47 Å². The highest BCUT2D eigenvalue weighted by Crippen LogP contribution is 2.41. The Kier molecular flexibility index (Phi) is 9.34. The lowest BCUT2D eigenvalue weighted by atomic mass is 9.68. The van der Waals surface area contributed by atoms with E-state index in [0.29, 0.717) is 62.7 Å². The van der Waals surface area contributed by atoms with Crippen molar-refractivity contribution in [1.29, 1.82) is 0 Å². The van der Waals surface area contributed by atoms with Crippen LogP contribution in [0.5, 0.6) is 5.75 Å². The smallest absolute Gasteiger partial charge is 0.282 e. The number of nitrogens with zero attached hydrogens (tertiary/aromatic N) is 3. The van der Waals surface area contributed by atoms with Gasteiger partial charge in [0.05, 0.1) is 38.1 Å². The molecule has 0 unspecified atom stereocenters. The first-order chi connectivity index (χ1) is 19.9. The number of carbonyl (C=O) groups excluding carboxylic acids is 1. The quantitative estimate of drug-likeness (QED) is 0.393. The van der Waals surface area contributed by atoms with E-state index in [1.807, 2.05) is 48.5 Å². The van der Waals surface area contributed by atoms with Crippen molar-refractivity contribution in [2.75, 3.05) is 40.0 Å². The Morgan fingerprint density at radius 3 is 2.39 bits per heavy atom. The molecule has 1 amide bonds. The van der Waals surface area contributed by atoms with Crippen molar-refractivity contribution in [3.8, 4) is 5.75 Å². The maximum atomic E-state index is 14.0. The van der Waals surface area contributed by atoms with Gasteiger partial charge >= 0.3 is 0 Å². The van der Waals surface area contributed by atoms with Gasteiger partial charge in [0.25, 0.3) is 16.1 Å². The van der Waals surface area contributed by atoms with Gasteiger partial charge in [-0.15, -0.1) is 0 Å². The maximum absolute atomic E-state index is 14.0. The van der Waals surface area contributed by atoms with Crippen LogP contribution >= 0.6 is 0 Å². The number of pyridine rings is 1. The van der Waals surface area contributed by atoms with Crippen LogP contribution < -0.4 is 10.1 Å². The van der Waals surface area contributed by atoms with Crippen LogP contribution in [0.4, 0.5) is 0 Å². The molecular formula is C31H38N4O5S. The third-order valence-electron chi connectivity index (χ3n) is 8.28. The molecule has 2 fully saturated rings. The number of benzene rings is 2. The summed E-state index contributed by atoms with van der Waals surface area (Å²) in [5, 5.41) is 3.17. The van der Waals surface area contributed by atoms with Gasteiger partial charge in [-0.2, -0.15) is 17.0 Å². The number of nitrogens with one attached hydrogen (secondary N) is 1. The number of hydrogen-bond donors (Lipinski definition) is 1. The first-order valence-electron chi connectivity index (χ1n) is 14.1. The lowest BCUT2D eigenvalue weighted by Crippen LogP contribution is -2.54. The number of aromatic nitrogens is 1. The average molecular weight is 579 g/mol. The van der Waals surface area contributed by atoms with E-state index in [0.717, 1.165) is 18.4 Å². The number of para-hydroxylation sites is 1. The molecule has 0 spiro atoms. The van der Waals surface area contributed by atoms with E-state index in [-0.39, 0.29) is 23.9 Å². The second-order valence-electron chi connectivity index (χ2n) is 10.6. The molecule has 1 aliphatic carbocycles. The molecule has 2 aromatic carbocycles. The van der Waals surface area contributed by atoms with Crippen molar-refractivity contribution in [2.45, 2.75) is 43.7 Å². The van der Waals surface area contributed by atoms with Crippen LogP contribution in [-0.4, -0.2) is 73.9 Å². The number of rotatable bonds is 10. The summed E-state index contributed by atoms with van der Waals surface area (Å²) >= 11 is 0. The zero-order valence-corrected chi connectivity index (χ0v) is 24.3. The summed E-state index contributed by atoms with van der Waals surface area (Å²) in [7, 11) is -2.17. The Morgan fingerprint density at radius 2 is 1.71 bits per heavy atom. The minimum absolute atomic E-state index is 0.188. The van der Waals surface area contributed by atoms with Gasteiger partial charge in [0, 0.05) is 37.3 Å². The molecule has 218 valence electrons. The molecule has 3 aromatic rings. The largest absolute Gasteiger partial charge is 0.496 e. The molecule has 10 heteroatoms. The van der Waals surface area contributed by atoms with Crippen molar-refractivity contribution >= 4 is 16.1 Å². The molecule has 1 saturated carbocycles. The second kappa shape index (κ2) is 13.1. The van der Waals surface area contributed by atoms with Crippen LogP contribution in [0, 0.1) is 0 Å². The number of ether oxygens (including phenoxy) is 2. The maximum Gasteiger partial charge on any atom is 0.282 e. The summed E-state index contributed by atoms with van der Waals surface area (Å²) in [5.74, 6) is 0.340. The summed E-state index contributed by atoms with van der Waals surface area (Å²) in [4.78, 5) is 17.7. The zero-order valence-electron chi connectivity index (χ0n) is 23.4. The van der Waals surface area contributed by atoms with Crippen LogP contribution in [0.1, 0.15) is 47.3 Å². The van der Waals surface area contributed by atoms with Crippen LogP contribution in [0.15, 0.2) is 79.0 Å². The lowest BCUT2D eigenvalue weighted by molar-refractivity contribution is 0.0673. The average Bonchev–Trinajstić information content (AvgIpc) is 3.04. The zero-order chi connectivity index (χ0) is 28.7. The lowest BCUT2D eigenvalue weighted by Gasteiger charge is -2.44. The topological polar surface area (TPSA) is 101 Å². The fraction of sp³-hybridized carbons (Fsp3) is 0.419. The third-order valence-corrected chi connectivity index (χ3v) is 10.3. The summed E-state index contributed by atoms with van der Waals surface area (Å²) in [6.45, 7) is 2.13. The molecule has 41 heavy (non-hydrogen) atoms. The Labute approximate surface area is 242 Å². The fourth-order valence-corrected chi connectivity index (χ4v) is 7.75. The Bertz CT molecular complexity index is 1390. The molecule has 0 atom stereocenters. The summed E-state index contributed by atoms with van der Waals surface area (Å²) in [6, 6.07) is 22.8. The molecule has 2 heterocycles. The van der Waals surface area contributed by atoms with E-state index in [9.17, 15) is 13.2 Å². The standard InChI is InChI=1S/C31H38N4O5S/c1-39-29-13-6-5-12-28(29)30(36)33-24-31(25-9-3-2-4-10-25)16-14-27(15-17-31)35(23-26-11-7-8-18-32-26)41(37,38)34-19-21-40-22-20-34/h2-13,18,27H,14-17,19-24H2,1H3,(H,33,36)/t27-,31+. The predicted molar refractivity (Wildman–Crippen MR) is 157 cm³/mol. The number of morpholine rings is 1. The van der Waals surface area contributed by atoms with E-state index < -0.39 is 10.2 Å². The molecule has 2 aliphatic rings. The van der Waals surface area contributed by atoms with E-state index in [2.05, 4.69) is 22.4 Å². The number of hydrogen-bond acceptors (Lipinski definition) is 6. The molecule has 9 nitrogen and oxygen atoms in total. The van der Waals surface area contributed by atoms with Crippen molar-refractivity contribution in [3.05, 3.63) is 95.8 Å². The molecule has 0 bridgehead atoms. The third kappa shape index (κ3) is 6.62. The summed E-state index contributed by atoms with van der Waals surface area (Å²) in [5.41, 5.74) is 2.03. The first-order valence-corrected chi connectivity index (χ1v) is 15.5. The summed E-state index contributed by atoms with van der Waals surface area (Å²) < 4.78 is 41.9. The van der Waals surface area contributed by atoms with Crippen molar-refractivity contribution < 1.29 is 22.7 Å². The van der Waals surface area contributed by atoms with Crippen LogP contribution in [0.25, 0.3) is 0 Å². The molecule has 1 N–H and O–H groups in total. The minimum atomic E-state index is -3.73. The molecule has 1 aromatic heterocycles. The highest BCUT2D eigenvalue weighted by Gasteiger charge is 2.43. The van der Waals surface area contributed by atoms with Crippen LogP contribution in [0.3, 0.4) is 0 Å². The van der Waals surface area contributed by atoms with Gasteiger partial charge in [-0.3, -0.25) is 9.78 Å².